The van der Waals surface area contributed by atoms with Gasteiger partial charge in [-0.2, -0.15) is 0 Å². The van der Waals surface area contributed by atoms with Crippen molar-refractivity contribution >= 4 is 63.0 Å². The summed E-state index contributed by atoms with van der Waals surface area (Å²) in [6.45, 7) is 0. The van der Waals surface area contributed by atoms with Gasteiger partial charge in [-0.15, -0.1) is 0 Å². The maximum absolute atomic E-state index is 3.45. The predicted molar refractivity (Wildman–Crippen MR) is 229 cm³/mol. The molecule has 0 radical (unpaired) electrons. The van der Waals surface area contributed by atoms with Crippen LogP contribution in [-0.4, -0.2) is 0 Å². The number of allylic oxidation sites excluding steroid dienone is 7. The number of anilines is 5. The second-order valence-electron chi connectivity index (χ2n) is 14.8. The van der Waals surface area contributed by atoms with Gasteiger partial charge in [0.2, 0.25) is 0 Å². The molecule has 6 aromatic rings. The Labute approximate surface area is 319 Å². The quantitative estimate of drug-likeness (QED) is 0.164. The van der Waals surface area contributed by atoms with Gasteiger partial charge in [0.1, 0.15) is 0 Å². The molecule has 260 valence electrons. The van der Waals surface area contributed by atoms with Crippen LogP contribution in [0.5, 0.6) is 0 Å². The number of nitrogens with zero attached hydrogens (tertiary/aromatic N) is 2. The fourth-order valence-electron chi connectivity index (χ4n) is 9.06. The van der Waals surface area contributed by atoms with Crippen LogP contribution in [0.15, 0.2) is 145 Å². The van der Waals surface area contributed by atoms with Crippen LogP contribution in [0.25, 0.3) is 34.6 Å². The first-order valence-corrected chi connectivity index (χ1v) is 19.6. The van der Waals surface area contributed by atoms with Crippen molar-refractivity contribution in [3.05, 3.63) is 196 Å². The summed E-state index contributed by atoms with van der Waals surface area (Å²) in [5.41, 5.74) is 18.3. The first-order valence-electron chi connectivity index (χ1n) is 19.6. The summed E-state index contributed by atoms with van der Waals surface area (Å²) < 4.78 is 0. The zero-order valence-corrected chi connectivity index (χ0v) is 30.6. The first-order chi connectivity index (χ1) is 26.8. The first kappa shape index (κ1) is 32.4. The van der Waals surface area contributed by atoms with Crippen LogP contribution >= 0.6 is 0 Å². The van der Waals surface area contributed by atoms with Crippen molar-refractivity contribution in [2.45, 2.75) is 51.4 Å². The lowest BCUT2D eigenvalue weighted by Crippen LogP contribution is -2.21. The van der Waals surface area contributed by atoms with Crippen LogP contribution < -0.4 is 9.80 Å². The highest BCUT2D eigenvalue weighted by molar-refractivity contribution is 5.98. The summed E-state index contributed by atoms with van der Waals surface area (Å²) in [5, 5.41) is 2.65. The van der Waals surface area contributed by atoms with Gasteiger partial charge >= 0.3 is 0 Å². The van der Waals surface area contributed by atoms with Gasteiger partial charge in [0.05, 0.1) is 17.1 Å². The molecular formula is C52H42N2. The molecule has 10 rings (SSSR count). The second-order valence-corrected chi connectivity index (χ2v) is 14.8. The summed E-state index contributed by atoms with van der Waals surface area (Å²) >= 11 is 0. The van der Waals surface area contributed by atoms with Gasteiger partial charge in [0.25, 0.3) is 0 Å². The zero-order chi connectivity index (χ0) is 35.8. The molecule has 0 N–H and O–H groups in total. The Hall–Kier alpha value is -6.30. The van der Waals surface area contributed by atoms with Crippen LogP contribution in [0.1, 0.15) is 71.0 Å². The van der Waals surface area contributed by atoms with Gasteiger partial charge in [-0.05, 0) is 156 Å². The molecule has 0 bridgehead atoms. The molecule has 0 heterocycles. The number of para-hydroxylation sites is 1. The van der Waals surface area contributed by atoms with Crippen molar-refractivity contribution < 1.29 is 0 Å². The normalized spacial score (nSPS) is 15.4. The lowest BCUT2D eigenvalue weighted by molar-refractivity contribution is 0.895. The third-order valence-electron chi connectivity index (χ3n) is 11.6. The highest BCUT2D eigenvalue weighted by Gasteiger charge is 2.26. The van der Waals surface area contributed by atoms with E-state index in [-0.39, 0.29) is 0 Å². The van der Waals surface area contributed by atoms with Crippen LogP contribution in [0.3, 0.4) is 0 Å². The summed E-state index contributed by atoms with van der Waals surface area (Å²) in [4.78, 5) is 4.88. The van der Waals surface area contributed by atoms with Gasteiger partial charge in [0.15, 0.2) is 0 Å². The molecule has 0 fully saturated rings. The van der Waals surface area contributed by atoms with Gasteiger partial charge < -0.3 is 9.80 Å². The molecule has 0 atom stereocenters. The summed E-state index contributed by atoms with van der Waals surface area (Å²) in [5.74, 6) is 0. The molecule has 4 aliphatic carbocycles. The molecule has 0 spiro atoms. The molecule has 0 saturated heterocycles. The monoisotopic (exact) mass is 694 g/mol. The molecule has 0 unspecified atom stereocenters. The van der Waals surface area contributed by atoms with Crippen LogP contribution in [-0.2, 0) is 19.3 Å². The zero-order valence-electron chi connectivity index (χ0n) is 30.6. The lowest BCUT2D eigenvalue weighted by Gasteiger charge is -2.33. The van der Waals surface area contributed by atoms with E-state index in [1.807, 2.05) is 6.07 Å². The highest BCUT2D eigenvalue weighted by Crippen LogP contribution is 2.45. The Morgan fingerprint density at radius 2 is 1.22 bits per heavy atom. The van der Waals surface area contributed by atoms with Crippen LogP contribution in [0.4, 0.5) is 28.4 Å². The average molecular weight is 695 g/mol. The Morgan fingerprint density at radius 3 is 2.00 bits per heavy atom. The minimum absolute atomic E-state index is 0.938. The Kier molecular flexibility index (Phi) is 8.34. The van der Waals surface area contributed by atoms with Crippen LogP contribution in [0, 0.1) is 12.1 Å². The van der Waals surface area contributed by atoms with Crippen molar-refractivity contribution in [2.75, 3.05) is 9.80 Å². The van der Waals surface area contributed by atoms with E-state index in [4.69, 9.17) is 0 Å². The highest BCUT2D eigenvalue weighted by atomic mass is 15.2. The molecular weight excluding hydrogens is 653 g/mol. The molecule has 2 nitrogen and oxygen atoms in total. The number of hydrogen-bond donors (Lipinski definition) is 0. The van der Waals surface area contributed by atoms with Gasteiger partial charge in [-0.1, -0.05) is 109 Å². The van der Waals surface area contributed by atoms with E-state index >= 15 is 0 Å². The van der Waals surface area contributed by atoms with Crippen molar-refractivity contribution in [3.63, 3.8) is 0 Å². The van der Waals surface area contributed by atoms with Crippen molar-refractivity contribution in [1.29, 1.82) is 0 Å². The third kappa shape index (κ3) is 5.78. The van der Waals surface area contributed by atoms with Gasteiger partial charge in [0, 0.05) is 28.2 Å². The summed E-state index contributed by atoms with van der Waals surface area (Å²) in [6.07, 6.45) is 27.2. The van der Waals surface area contributed by atoms with Crippen LogP contribution in [0.2, 0.25) is 0 Å². The SMILES string of the molecule is c1cccc(N(C2=CC=C(c3ccc(N(c4ccccc4)c4cc5ccccc5c5c4C=CCC5)cc3)CC2)c2cc3c(c4c2C=CCC4)CCC=C3)c#1. The fourth-order valence-corrected chi connectivity index (χ4v) is 9.06. The van der Waals surface area contributed by atoms with Crippen molar-refractivity contribution in [2.24, 2.45) is 0 Å². The molecule has 0 aliphatic heterocycles. The molecule has 54 heavy (non-hydrogen) atoms. The van der Waals surface area contributed by atoms with Crippen molar-refractivity contribution in [3.8, 4) is 0 Å². The predicted octanol–water partition coefficient (Wildman–Crippen LogP) is 13.7. The average Bonchev–Trinajstić information content (AvgIpc) is 3.25. The largest absolute Gasteiger partial charge is 0.310 e. The molecule has 0 amide bonds. The lowest BCUT2D eigenvalue weighted by atomic mass is 9.83. The number of benzene rings is 5. The number of hydrogen-bond acceptors (Lipinski definition) is 2. The molecule has 2 heteroatoms. The smallest absolute Gasteiger partial charge is 0.0971 e. The maximum Gasteiger partial charge on any atom is 0.0971 e. The molecule has 4 aliphatic rings. The maximum atomic E-state index is 3.45. The molecule has 0 saturated carbocycles. The van der Waals surface area contributed by atoms with Gasteiger partial charge in [-0.25, -0.2) is 0 Å². The Balaban J connectivity index is 1.03. The Morgan fingerprint density at radius 1 is 0.519 bits per heavy atom. The second kappa shape index (κ2) is 13.9. The minimum atomic E-state index is 0.938. The fraction of sp³-hybridized carbons (Fsp3) is 0.154. The van der Waals surface area contributed by atoms with E-state index < -0.39 is 0 Å². The molecule has 6 aromatic carbocycles. The number of aryl methyl sites for hydroxylation is 1. The number of rotatable bonds is 7. The van der Waals surface area contributed by atoms with E-state index in [9.17, 15) is 0 Å². The van der Waals surface area contributed by atoms with Gasteiger partial charge in [-0.3, -0.25) is 0 Å². The van der Waals surface area contributed by atoms with E-state index in [2.05, 4.69) is 174 Å². The third-order valence-corrected chi connectivity index (χ3v) is 11.6. The van der Waals surface area contributed by atoms with Crippen molar-refractivity contribution in [1.82, 2.24) is 0 Å². The van der Waals surface area contributed by atoms with E-state index in [0.717, 1.165) is 68.4 Å². The standard InChI is InChI=1S/C52H42N2/c1-3-17-41(18-4-1)53(51-35-39-15-7-9-21-45(39)47-23-11-13-25-49(47)51)43-31-27-37(28-32-43)38-29-33-44(34-30-38)54(42-19-5-2-6-20-42)52-36-40-16-8-10-22-46(40)48-24-12-14-26-50(48)52/h1-5,7-9,13-19,21,25-29,31-33,35-36H,10-12,22-24,30,34H2. The van der Waals surface area contributed by atoms with E-state index in [0.29, 0.717) is 0 Å². The van der Waals surface area contributed by atoms with E-state index in [1.54, 1.807) is 0 Å². The molecule has 0 aromatic heterocycles. The Bertz CT molecular complexity index is 2530. The number of fused-ring (bicyclic) bond motifs is 6. The summed E-state index contributed by atoms with van der Waals surface area (Å²) in [6, 6.07) is 46.6. The summed E-state index contributed by atoms with van der Waals surface area (Å²) in [7, 11) is 0. The minimum Gasteiger partial charge on any atom is -0.310 e. The topological polar surface area (TPSA) is 6.48 Å². The van der Waals surface area contributed by atoms with E-state index in [1.165, 1.54) is 72.4 Å².